The second kappa shape index (κ2) is 10.7. The summed E-state index contributed by atoms with van der Waals surface area (Å²) in [5.74, 6) is -0.0755. The smallest absolute Gasteiger partial charge is 0.407 e. The van der Waals surface area contributed by atoms with Gasteiger partial charge in [0, 0.05) is 47.2 Å². The van der Waals surface area contributed by atoms with Gasteiger partial charge >= 0.3 is 12.1 Å². The molecule has 5 heterocycles. The van der Waals surface area contributed by atoms with E-state index in [9.17, 15) is 4.79 Å². The SMILES string of the molecule is CCOC(=O)NC1CCN(c2nc(OCC34CCCNCC3(C)C4)nc3c(F)c(-c4cc(Cl)cc5[nH]ncc45)ncc23)C1. The van der Waals surface area contributed by atoms with Crippen LogP contribution >= 0.6 is 11.6 Å². The number of amides is 1. The molecule has 0 bridgehead atoms. The molecule has 13 heteroatoms. The predicted molar refractivity (Wildman–Crippen MR) is 161 cm³/mol. The standard InChI is InChI=1S/C30H34ClFN8O3/c1-3-42-28(41)36-18-5-8-40(13-18)26-21-11-34-24(19-9-17(31)10-22-20(19)12-35-39-22)23(32)25(21)37-27(38-26)43-16-30-6-4-7-33-15-29(30,2)14-30/h9-12,18,33H,3-8,13-16H2,1-2H3,(H,35,39)(H,36,41). The Morgan fingerprint density at radius 3 is 3.02 bits per heavy atom. The number of hydrogen-bond acceptors (Lipinski definition) is 9. The third-order valence-corrected chi connectivity index (χ3v) is 9.61. The number of ether oxygens (including phenoxy) is 2. The van der Waals surface area contributed by atoms with E-state index in [-0.39, 0.29) is 34.1 Å². The number of anilines is 1. The van der Waals surface area contributed by atoms with Crippen LogP contribution in [0.15, 0.2) is 24.5 Å². The van der Waals surface area contributed by atoms with E-state index in [0.717, 1.165) is 32.4 Å². The lowest BCUT2D eigenvalue weighted by Gasteiger charge is -2.23. The predicted octanol–water partition coefficient (Wildman–Crippen LogP) is 4.84. The van der Waals surface area contributed by atoms with Gasteiger partial charge in [0.05, 0.1) is 36.4 Å². The second-order valence-electron chi connectivity index (χ2n) is 12.2. The molecule has 43 heavy (non-hydrogen) atoms. The van der Waals surface area contributed by atoms with Crippen molar-refractivity contribution in [1.29, 1.82) is 0 Å². The van der Waals surface area contributed by atoms with Crippen molar-refractivity contribution in [2.24, 2.45) is 10.8 Å². The minimum atomic E-state index is -0.593. The van der Waals surface area contributed by atoms with Gasteiger partial charge in [-0.3, -0.25) is 10.1 Å². The zero-order chi connectivity index (χ0) is 29.8. The number of aromatic nitrogens is 5. The second-order valence-corrected chi connectivity index (χ2v) is 12.6. The van der Waals surface area contributed by atoms with E-state index in [4.69, 9.17) is 26.1 Å². The van der Waals surface area contributed by atoms with E-state index in [1.807, 2.05) is 4.90 Å². The van der Waals surface area contributed by atoms with Crippen molar-refractivity contribution in [2.75, 3.05) is 44.3 Å². The zero-order valence-electron chi connectivity index (χ0n) is 24.2. The van der Waals surface area contributed by atoms with Gasteiger partial charge in [0.15, 0.2) is 5.82 Å². The number of nitrogens with one attached hydrogen (secondary N) is 3. The average Bonchev–Trinajstić information content (AvgIpc) is 3.28. The molecule has 1 aromatic carbocycles. The molecular formula is C30H34ClFN8O3. The van der Waals surface area contributed by atoms with E-state index < -0.39 is 11.9 Å². The van der Waals surface area contributed by atoms with Gasteiger partial charge in [-0.25, -0.2) is 9.18 Å². The first-order valence-electron chi connectivity index (χ1n) is 14.8. The van der Waals surface area contributed by atoms with Crippen LogP contribution in [0, 0.1) is 16.6 Å². The summed E-state index contributed by atoms with van der Waals surface area (Å²) in [6.07, 6.45) is 6.65. The summed E-state index contributed by atoms with van der Waals surface area (Å²) >= 11 is 6.37. The fourth-order valence-corrected chi connectivity index (χ4v) is 7.11. The highest BCUT2D eigenvalue weighted by molar-refractivity contribution is 6.31. The third-order valence-electron chi connectivity index (χ3n) is 9.39. The normalized spacial score (nSPS) is 25.0. The van der Waals surface area contributed by atoms with Crippen LogP contribution in [0.2, 0.25) is 5.02 Å². The lowest BCUT2D eigenvalue weighted by molar-refractivity contribution is 0.149. The number of hydrogen-bond donors (Lipinski definition) is 3. The molecule has 11 nitrogen and oxygen atoms in total. The molecule has 2 saturated heterocycles. The quantitative estimate of drug-likeness (QED) is 0.270. The van der Waals surface area contributed by atoms with Crippen LogP contribution in [0.5, 0.6) is 6.01 Å². The summed E-state index contributed by atoms with van der Waals surface area (Å²) in [4.78, 5) is 28.0. The van der Waals surface area contributed by atoms with Gasteiger partial charge in [0.25, 0.3) is 0 Å². The van der Waals surface area contributed by atoms with Gasteiger partial charge < -0.3 is 25.0 Å². The van der Waals surface area contributed by atoms with Crippen molar-refractivity contribution in [3.05, 3.63) is 35.4 Å². The maximum absolute atomic E-state index is 16.5. The first kappa shape index (κ1) is 28.0. The molecule has 3 aromatic heterocycles. The molecule has 3 fully saturated rings. The van der Waals surface area contributed by atoms with Gasteiger partial charge in [-0.05, 0) is 56.7 Å². The van der Waals surface area contributed by atoms with Crippen LogP contribution in [0.4, 0.5) is 15.0 Å². The molecule has 2 aliphatic heterocycles. The lowest BCUT2D eigenvalue weighted by atomic mass is 9.91. The van der Waals surface area contributed by atoms with Gasteiger partial charge in [-0.1, -0.05) is 18.5 Å². The fourth-order valence-electron chi connectivity index (χ4n) is 6.90. The van der Waals surface area contributed by atoms with Crippen molar-refractivity contribution in [3.63, 3.8) is 0 Å². The molecule has 4 aromatic rings. The van der Waals surface area contributed by atoms with Crippen LogP contribution in [0.25, 0.3) is 33.1 Å². The molecule has 1 aliphatic carbocycles. The number of halogens is 2. The topological polar surface area (TPSA) is 130 Å². The largest absolute Gasteiger partial charge is 0.463 e. The maximum atomic E-state index is 16.5. The number of alkyl carbamates (subject to hydrolysis) is 1. The molecule has 3 atom stereocenters. The molecule has 3 N–H and O–H groups in total. The number of aromatic amines is 1. The summed E-state index contributed by atoms with van der Waals surface area (Å²) < 4.78 is 27.9. The Morgan fingerprint density at radius 1 is 1.28 bits per heavy atom. The number of carbonyl (C=O) groups is 1. The molecule has 1 saturated carbocycles. The summed E-state index contributed by atoms with van der Waals surface area (Å²) in [6, 6.07) is 3.40. The Morgan fingerprint density at radius 2 is 2.16 bits per heavy atom. The molecule has 3 aliphatic rings. The molecule has 3 unspecified atom stereocenters. The number of carbonyl (C=O) groups excluding carboxylic acids is 1. The van der Waals surface area contributed by atoms with Crippen LogP contribution in [-0.4, -0.2) is 76.7 Å². The van der Waals surface area contributed by atoms with E-state index in [0.29, 0.717) is 65.4 Å². The molecule has 0 spiro atoms. The number of H-pyrrole nitrogens is 1. The molecule has 7 rings (SSSR count). The summed E-state index contributed by atoms with van der Waals surface area (Å²) in [5, 5.41) is 15.0. The number of benzene rings is 1. The summed E-state index contributed by atoms with van der Waals surface area (Å²) in [6.45, 7) is 7.85. The lowest BCUT2D eigenvalue weighted by Crippen LogP contribution is -2.37. The van der Waals surface area contributed by atoms with Crippen LogP contribution < -0.4 is 20.3 Å². The van der Waals surface area contributed by atoms with Crippen molar-refractivity contribution in [3.8, 4) is 17.3 Å². The molecule has 1 amide bonds. The average molecular weight is 609 g/mol. The highest BCUT2D eigenvalue weighted by atomic mass is 35.5. The molecule has 226 valence electrons. The van der Waals surface area contributed by atoms with Gasteiger partial charge in [-0.15, -0.1) is 0 Å². The fraction of sp³-hybridized carbons (Fsp3) is 0.500. The Kier molecular flexibility index (Phi) is 7.00. The first-order chi connectivity index (χ1) is 20.8. The maximum Gasteiger partial charge on any atom is 0.407 e. The Hall–Kier alpha value is -3.77. The van der Waals surface area contributed by atoms with Crippen molar-refractivity contribution in [1.82, 2.24) is 35.8 Å². The number of rotatable bonds is 7. The zero-order valence-corrected chi connectivity index (χ0v) is 24.9. The van der Waals surface area contributed by atoms with Gasteiger partial charge in [0.2, 0.25) is 0 Å². The van der Waals surface area contributed by atoms with Crippen molar-refractivity contribution in [2.45, 2.75) is 45.6 Å². The Bertz CT molecular complexity index is 1720. The molecule has 0 radical (unpaired) electrons. The van der Waals surface area contributed by atoms with E-state index in [2.05, 4.69) is 37.7 Å². The van der Waals surface area contributed by atoms with E-state index in [1.165, 1.54) is 0 Å². The van der Waals surface area contributed by atoms with Crippen LogP contribution in [0.1, 0.15) is 39.5 Å². The van der Waals surface area contributed by atoms with Gasteiger partial charge in [-0.2, -0.15) is 15.1 Å². The first-order valence-corrected chi connectivity index (χ1v) is 15.2. The highest BCUT2D eigenvalue weighted by Gasteiger charge is 2.64. The van der Waals surface area contributed by atoms with Crippen LogP contribution in [-0.2, 0) is 4.74 Å². The monoisotopic (exact) mass is 608 g/mol. The summed E-state index contributed by atoms with van der Waals surface area (Å²) in [5.41, 5.74) is 1.63. The van der Waals surface area contributed by atoms with Crippen molar-refractivity contribution >= 4 is 45.3 Å². The third kappa shape index (κ3) is 5.00. The van der Waals surface area contributed by atoms with E-state index in [1.54, 1.807) is 31.5 Å². The highest BCUT2D eigenvalue weighted by Crippen LogP contribution is 2.66. The van der Waals surface area contributed by atoms with Crippen LogP contribution in [0.3, 0.4) is 0 Å². The van der Waals surface area contributed by atoms with Crippen molar-refractivity contribution < 1.29 is 18.7 Å². The molecular weight excluding hydrogens is 575 g/mol. The van der Waals surface area contributed by atoms with Gasteiger partial charge in [0.1, 0.15) is 17.0 Å². The number of pyridine rings is 1. The Labute approximate surface area is 252 Å². The summed E-state index contributed by atoms with van der Waals surface area (Å²) in [7, 11) is 0. The number of fused-ring (bicyclic) bond motifs is 3. The number of nitrogens with zero attached hydrogens (tertiary/aromatic N) is 5. The Balaban J connectivity index is 1.27. The minimum absolute atomic E-state index is 0.0485. The minimum Gasteiger partial charge on any atom is -0.463 e. The van der Waals surface area contributed by atoms with E-state index >= 15 is 4.39 Å².